The molecule has 112 valence electrons. The molecule has 2 N–H and O–H groups in total. The van der Waals surface area contributed by atoms with Gasteiger partial charge < -0.3 is 15.0 Å². The molecule has 6 heteroatoms. The molecule has 0 aliphatic heterocycles. The smallest absolute Gasteiger partial charge is 0.360 e. The van der Waals surface area contributed by atoms with E-state index in [4.69, 9.17) is 10.5 Å². The minimum absolute atomic E-state index is 0.255. The Hall–Kier alpha value is -1.17. The molecule has 0 bridgehead atoms. The van der Waals surface area contributed by atoms with Crippen LogP contribution in [0.3, 0.4) is 0 Å². The van der Waals surface area contributed by atoms with Crippen molar-refractivity contribution in [3.63, 3.8) is 0 Å². The minimum atomic E-state index is -0.426. The van der Waals surface area contributed by atoms with Crippen LogP contribution in [0.4, 0.5) is 5.82 Å². The Labute approximate surface area is 124 Å². The van der Waals surface area contributed by atoms with Gasteiger partial charge in [0.1, 0.15) is 11.6 Å². The number of nitrogen functional groups attached to an aromatic ring is 1. The van der Waals surface area contributed by atoms with E-state index < -0.39 is 5.97 Å². The van der Waals surface area contributed by atoms with Crippen molar-refractivity contribution in [3.05, 3.63) is 11.5 Å². The van der Waals surface area contributed by atoms with Gasteiger partial charge in [-0.05, 0) is 26.0 Å². The molecule has 0 unspecified atom stereocenters. The second kappa shape index (κ2) is 6.08. The number of nitrogens with zero attached hydrogens (tertiary/aromatic N) is 2. The molecular formula is C14H23N3O2S. The molecule has 1 aliphatic rings. The van der Waals surface area contributed by atoms with Gasteiger partial charge in [0.2, 0.25) is 0 Å². The first-order valence-corrected chi connectivity index (χ1v) is 8.36. The third-order valence-corrected chi connectivity index (χ3v) is 5.42. The molecule has 0 aromatic carbocycles. The summed E-state index contributed by atoms with van der Waals surface area (Å²) in [6, 6.07) is 0. The van der Waals surface area contributed by atoms with Crippen molar-refractivity contribution in [2.45, 2.75) is 50.8 Å². The van der Waals surface area contributed by atoms with E-state index in [1.54, 1.807) is 6.92 Å². The van der Waals surface area contributed by atoms with Crippen molar-refractivity contribution >= 4 is 23.5 Å². The molecule has 1 heterocycles. The van der Waals surface area contributed by atoms with Crippen LogP contribution in [0.1, 0.15) is 49.4 Å². The summed E-state index contributed by atoms with van der Waals surface area (Å²) in [5, 5.41) is 0. The fraction of sp³-hybridized carbons (Fsp3) is 0.714. The van der Waals surface area contributed by atoms with Crippen LogP contribution in [0.25, 0.3) is 0 Å². The van der Waals surface area contributed by atoms with E-state index in [9.17, 15) is 4.79 Å². The van der Waals surface area contributed by atoms with Gasteiger partial charge in [0, 0.05) is 17.7 Å². The SMILES string of the molecule is CCOC(=O)c1nc(CC)n(CC2(SC)CCC2)c1N. The lowest BCUT2D eigenvalue weighted by atomic mass is 9.84. The highest BCUT2D eigenvalue weighted by atomic mass is 32.2. The number of anilines is 1. The predicted octanol–water partition coefficient (Wildman–Crippen LogP) is 2.49. The van der Waals surface area contributed by atoms with Gasteiger partial charge in [0.15, 0.2) is 5.69 Å². The fourth-order valence-electron chi connectivity index (χ4n) is 2.60. The van der Waals surface area contributed by atoms with Crippen LogP contribution in [0.15, 0.2) is 0 Å². The lowest BCUT2D eigenvalue weighted by Gasteiger charge is -2.41. The second-order valence-electron chi connectivity index (χ2n) is 5.16. The molecule has 1 aliphatic carbocycles. The van der Waals surface area contributed by atoms with E-state index in [0.29, 0.717) is 12.4 Å². The summed E-state index contributed by atoms with van der Waals surface area (Å²) < 4.78 is 7.27. The third kappa shape index (κ3) is 2.66. The quantitative estimate of drug-likeness (QED) is 0.817. The number of carbonyl (C=O) groups excluding carboxylic acids is 1. The molecule has 2 rings (SSSR count). The van der Waals surface area contributed by atoms with Gasteiger partial charge in [-0.2, -0.15) is 11.8 Å². The van der Waals surface area contributed by atoms with Gasteiger partial charge in [-0.15, -0.1) is 0 Å². The van der Waals surface area contributed by atoms with Crippen LogP contribution in [-0.4, -0.2) is 33.1 Å². The van der Waals surface area contributed by atoms with E-state index in [1.165, 1.54) is 19.3 Å². The van der Waals surface area contributed by atoms with Gasteiger partial charge in [-0.1, -0.05) is 13.3 Å². The van der Waals surface area contributed by atoms with Crippen LogP contribution in [-0.2, 0) is 17.7 Å². The molecule has 0 spiro atoms. The highest BCUT2D eigenvalue weighted by molar-refractivity contribution is 8.00. The molecule has 5 nitrogen and oxygen atoms in total. The van der Waals surface area contributed by atoms with E-state index in [2.05, 4.69) is 11.2 Å². The van der Waals surface area contributed by atoms with Crippen molar-refractivity contribution in [1.82, 2.24) is 9.55 Å². The Kier molecular flexibility index (Phi) is 4.62. The molecule has 20 heavy (non-hydrogen) atoms. The van der Waals surface area contributed by atoms with Crippen LogP contribution in [0, 0.1) is 0 Å². The maximum atomic E-state index is 11.9. The van der Waals surface area contributed by atoms with Gasteiger partial charge in [0.25, 0.3) is 0 Å². The number of hydrogen-bond acceptors (Lipinski definition) is 5. The average Bonchev–Trinajstić information content (AvgIpc) is 2.71. The minimum Gasteiger partial charge on any atom is -0.461 e. The van der Waals surface area contributed by atoms with Crippen molar-refractivity contribution in [2.75, 3.05) is 18.6 Å². The standard InChI is InChI=1S/C14H23N3O2S/c1-4-10-16-11(13(18)19-5-2)12(15)17(10)9-14(20-3)7-6-8-14/h4-9,15H2,1-3H3. The Bertz CT molecular complexity index is 489. The number of carbonyl (C=O) groups is 1. The molecule has 1 aromatic heterocycles. The molecule has 0 saturated heterocycles. The fourth-order valence-corrected chi connectivity index (χ4v) is 3.55. The molecule has 0 radical (unpaired) electrons. The first kappa shape index (κ1) is 15.2. The lowest BCUT2D eigenvalue weighted by molar-refractivity contribution is 0.0521. The van der Waals surface area contributed by atoms with Crippen LogP contribution < -0.4 is 5.73 Å². The molecule has 1 aromatic rings. The number of rotatable bonds is 6. The van der Waals surface area contributed by atoms with Crippen LogP contribution in [0.2, 0.25) is 0 Å². The Balaban J connectivity index is 2.29. The zero-order valence-corrected chi connectivity index (χ0v) is 13.3. The number of nitrogens with two attached hydrogens (primary N) is 1. The zero-order valence-electron chi connectivity index (χ0n) is 12.4. The second-order valence-corrected chi connectivity index (χ2v) is 6.44. The largest absolute Gasteiger partial charge is 0.461 e. The van der Waals surface area contributed by atoms with Gasteiger partial charge in [-0.25, -0.2) is 9.78 Å². The van der Waals surface area contributed by atoms with Crippen molar-refractivity contribution in [2.24, 2.45) is 0 Å². The molecule has 1 fully saturated rings. The average molecular weight is 297 g/mol. The molecule has 1 saturated carbocycles. The van der Waals surface area contributed by atoms with E-state index >= 15 is 0 Å². The summed E-state index contributed by atoms with van der Waals surface area (Å²) in [6.07, 6.45) is 6.56. The van der Waals surface area contributed by atoms with Crippen molar-refractivity contribution in [1.29, 1.82) is 0 Å². The summed E-state index contributed by atoms with van der Waals surface area (Å²) in [4.78, 5) is 16.3. The molecule has 0 atom stereocenters. The van der Waals surface area contributed by atoms with Crippen LogP contribution in [0.5, 0.6) is 0 Å². The van der Waals surface area contributed by atoms with E-state index in [0.717, 1.165) is 18.8 Å². The maximum absolute atomic E-state index is 11.9. The first-order chi connectivity index (χ1) is 9.56. The Morgan fingerprint density at radius 2 is 2.20 bits per heavy atom. The number of ether oxygens (including phenoxy) is 1. The number of aryl methyl sites for hydroxylation is 1. The first-order valence-electron chi connectivity index (χ1n) is 7.14. The van der Waals surface area contributed by atoms with Gasteiger partial charge >= 0.3 is 5.97 Å². The number of thioether (sulfide) groups is 1. The summed E-state index contributed by atoms with van der Waals surface area (Å²) in [7, 11) is 0. The van der Waals surface area contributed by atoms with E-state index in [-0.39, 0.29) is 10.4 Å². The Morgan fingerprint density at radius 1 is 1.50 bits per heavy atom. The summed E-state index contributed by atoms with van der Waals surface area (Å²) >= 11 is 1.89. The van der Waals surface area contributed by atoms with Crippen molar-refractivity contribution < 1.29 is 9.53 Å². The number of esters is 1. The van der Waals surface area contributed by atoms with E-state index in [1.807, 2.05) is 23.3 Å². The third-order valence-electron chi connectivity index (χ3n) is 4.01. The topological polar surface area (TPSA) is 70.1 Å². The zero-order chi connectivity index (χ0) is 14.8. The number of imidazole rings is 1. The highest BCUT2D eigenvalue weighted by Gasteiger charge is 2.38. The highest BCUT2D eigenvalue weighted by Crippen LogP contribution is 2.44. The maximum Gasteiger partial charge on any atom is 0.360 e. The van der Waals surface area contributed by atoms with Gasteiger partial charge in [0.05, 0.1) is 6.61 Å². The summed E-state index contributed by atoms with van der Waals surface area (Å²) in [6.45, 7) is 4.97. The van der Waals surface area contributed by atoms with Crippen molar-refractivity contribution in [3.8, 4) is 0 Å². The Morgan fingerprint density at radius 3 is 2.65 bits per heavy atom. The lowest BCUT2D eigenvalue weighted by Crippen LogP contribution is -2.38. The predicted molar refractivity (Wildman–Crippen MR) is 82.1 cm³/mol. The number of aromatic nitrogens is 2. The van der Waals surface area contributed by atoms with Gasteiger partial charge in [-0.3, -0.25) is 0 Å². The summed E-state index contributed by atoms with van der Waals surface area (Å²) in [5.74, 6) is 0.886. The summed E-state index contributed by atoms with van der Waals surface area (Å²) in [5.41, 5.74) is 6.41. The number of hydrogen-bond donors (Lipinski definition) is 1. The van der Waals surface area contributed by atoms with Crippen LogP contribution >= 0.6 is 11.8 Å². The molecule has 0 amide bonds. The molecular weight excluding hydrogens is 274 g/mol. The monoisotopic (exact) mass is 297 g/mol. The normalized spacial score (nSPS) is 16.8.